The number of hydrogen-bond acceptors (Lipinski definition) is 8. The van der Waals surface area contributed by atoms with Gasteiger partial charge in [0.05, 0.1) is 36.3 Å². The number of methoxy groups -OCH3 is 2. The van der Waals surface area contributed by atoms with Crippen molar-refractivity contribution in [3.05, 3.63) is 98.1 Å². The number of rotatable bonds is 9. The third kappa shape index (κ3) is 5.66. The van der Waals surface area contributed by atoms with E-state index in [2.05, 4.69) is 5.10 Å². The number of benzene rings is 3. The van der Waals surface area contributed by atoms with E-state index in [0.29, 0.717) is 45.1 Å². The van der Waals surface area contributed by atoms with E-state index < -0.39 is 4.92 Å². The monoisotopic (exact) mass is 542 g/mol. The predicted octanol–water partition coefficient (Wildman–Crippen LogP) is 5.83. The van der Waals surface area contributed by atoms with Crippen LogP contribution in [0.5, 0.6) is 17.2 Å². The van der Waals surface area contributed by atoms with Gasteiger partial charge in [-0.3, -0.25) is 14.9 Å². The molecule has 10 heteroatoms. The summed E-state index contributed by atoms with van der Waals surface area (Å²) in [7, 11) is 3.02. The van der Waals surface area contributed by atoms with Gasteiger partial charge in [-0.25, -0.2) is 4.98 Å². The number of nitro benzene ring substituents is 1. The smallest absolute Gasteiger partial charge is 0.282 e. The van der Waals surface area contributed by atoms with Crippen molar-refractivity contribution in [1.82, 2.24) is 9.66 Å². The van der Waals surface area contributed by atoms with Gasteiger partial charge in [0.2, 0.25) is 5.75 Å². The first-order chi connectivity index (χ1) is 19.5. The molecule has 0 aliphatic heterocycles. The molecule has 10 nitrogen and oxygen atoms in total. The average Bonchev–Trinajstić information content (AvgIpc) is 2.99. The fourth-order valence-corrected chi connectivity index (χ4v) is 5.03. The van der Waals surface area contributed by atoms with Crippen LogP contribution >= 0.6 is 0 Å². The molecule has 0 radical (unpaired) electrons. The minimum Gasteiger partial charge on any atom is -0.493 e. The fraction of sp³-hybridized carbons (Fsp3) is 0.300. The number of ether oxygens (including phenoxy) is 3. The summed E-state index contributed by atoms with van der Waals surface area (Å²) in [5.74, 6) is 1.97. The van der Waals surface area contributed by atoms with Crippen molar-refractivity contribution in [2.24, 2.45) is 5.10 Å². The van der Waals surface area contributed by atoms with E-state index in [1.165, 1.54) is 37.4 Å². The number of fused-ring (bicyclic) bond motifs is 1. The number of nitro groups is 1. The highest BCUT2D eigenvalue weighted by Crippen LogP contribution is 2.39. The van der Waals surface area contributed by atoms with Crippen molar-refractivity contribution in [3.63, 3.8) is 0 Å². The molecule has 0 unspecified atom stereocenters. The van der Waals surface area contributed by atoms with Crippen LogP contribution in [0.25, 0.3) is 10.9 Å². The third-order valence-electron chi connectivity index (χ3n) is 7.06. The van der Waals surface area contributed by atoms with Crippen molar-refractivity contribution >= 4 is 22.8 Å². The van der Waals surface area contributed by atoms with Crippen LogP contribution < -0.4 is 19.8 Å². The van der Waals surface area contributed by atoms with E-state index in [4.69, 9.17) is 19.2 Å². The summed E-state index contributed by atoms with van der Waals surface area (Å²) in [6, 6.07) is 17.0. The highest BCUT2D eigenvalue weighted by Gasteiger charge is 2.22. The Kier molecular flexibility index (Phi) is 8.04. The zero-order valence-corrected chi connectivity index (χ0v) is 22.4. The molecule has 3 aromatic carbocycles. The van der Waals surface area contributed by atoms with Crippen LogP contribution in [0.2, 0.25) is 0 Å². The highest BCUT2D eigenvalue weighted by molar-refractivity contribution is 5.83. The fourth-order valence-electron chi connectivity index (χ4n) is 5.03. The molecule has 4 aromatic rings. The van der Waals surface area contributed by atoms with Gasteiger partial charge in [0, 0.05) is 23.6 Å². The minimum absolute atomic E-state index is 0.0161. The van der Waals surface area contributed by atoms with Gasteiger partial charge in [0.15, 0.2) is 11.5 Å². The average molecular weight is 543 g/mol. The molecule has 40 heavy (non-hydrogen) atoms. The molecule has 1 heterocycles. The van der Waals surface area contributed by atoms with Crippen LogP contribution in [0, 0.1) is 10.1 Å². The van der Waals surface area contributed by atoms with Gasteiger partial charge in [-0.1, -0.05) is 43.5 Å². The summed E-state index contributed by atoms with van der Waals surface area (Å²) in [6.07, 6.45) is 6.91. The Morgan fingerprint density at radius 1 is 1.02 bits per heavy atom. The first kappa shape index (κ1) is 26.9. The summed E-state index contributed by atoms with van der Waals surface area (Å²) in [4.78, 5) is 29.0. The van der Waals surface area contributed by atoms with Gasteiger partial charge in [-0.2, -0.15) is 9.78 Å². The molecule has 206 valence electrons. The first-order valence-corrected chi connectivity index (χ1v) is 13.2. The van der Waals surface area contributed by atoms with E-state index >= 15 is 0 Å². The third-order valence-corrected chi connectivity index (χ3v) is 7.06. The lowest BCUT2D eigenvalue weighted by Crippen LogP contribution is -2.25. The van der Waals surface area contributed by atoms with Gasteiger partial charge in [-0.05, 0) is 42.7 Å². The van der Waals surface area contributed by atoms with Gasteiger partial charge in [-0.15, -0.1) is 0 Å². The van der Waals surface area contributed by atoms with E-state index in [9.17, 15) is 14.9 Å². The van der Waals surface area contributed by atoms with Gasteiger partial charge in [0.25, 0.3) is 11.2 Å². The molecule has 0 atom stereocenters. The Balaban J connectivity index is 1.48. The topological polar surface area (TPSA) is 118 Å². The van der Waals surface area contributed by atoms with Crippen LogP contribution in [0.3, 0.4) is 0 Å². The lowest BCUT2D eigenvalue weighted by atomic mass is 9.88. The van der Waals surface area contributed by atoms with Crippen molar-refractivity contribution in [2.45, 2.75) is 44.6 Å². The Morgan fingerprint density at radius 3 is 2.45 bits per heavy atom. The quantitative estimate of drug-likeness (QED) is 0.148. The molecule has 1 aliphatic carbocycles. The number of hydrogen-bond donors (Lipinski definition) is 0. The zero-order valence-electron chi connectivity index (χ0n) is 22.4. The SMILES string of the molecule is COc1cc(C=Nn2c(C3CCCCC3)nc3ccccc3c2=O)cc(OC)c1OCc1cccc([N+](=O)[O-])c1. The molecule has 0 N–H and O–H groups in total. The van der Waals surface area contributed by atoms with E-state index in [1.807, 2.05) is 18.2 Å². The molecule has 1 aliphatic rings. The molecule has 1 saturated carbocycles. The zero-order chi connectivity index (χ0) is 28.1. The standard InChI is InChI=1S/C30H30N4O6/c1-38-26-16-21(17-27(39-2)28(26)40-19-20-9-8-12-23(15-20)34(36)37)18-31-33-29(22-10-4-3-5-11-22)32-25-14-7-6-13-24(25)30(33)35/h6-9,12-18,22H,3-5,10-11,19H2,1-2H3. The second-order valence-corrected chi connectivity index (χ2v) is 9.65. The summed E-state index contributed by atoms with van der Waals surface area (Å²) in [5, 5.41) is 16.2. The number of non-ortho nitro benzene ring substituents is 1. The second-order valence-electron chi connectivity index (χ2n) is 9.65. The Morgan fingerprint density at radius 2 is 1.75 bits per heavy atom. The molecular formula is C30H30N4O6. The van der Waals surface area contributed by atoms with Crippen LogP contribution in [-0.4, -0.2) is 35.0 Å². The molecular weight excluding hydrogens is 512 g/mol. The number of aromatic nitrogens is 2. The maximum atomic E-state index is 13.5. The summed E-state index contributed by atoms with van der Waals surface area (Å²) in [6.45, 7) is 0.0741. The lowest BCUT2D eigenvalue weighted by molar-refractivity contribution is -0.384. The van der Waals surface area contributed by atoms with Crippen molar-refractivity contribution < 1.29 is 19.1 Å². The molecule has 0 spiro atoms. The maximum absolute atomic E-state index is 13.5. The van der Waals surface area contributed by atoms with Crippen LogP contribution in [0.1, 0.15) is 55.0 Å². The van der Waals surface area contributed by atoms with Crippen molar-refractivity contribution in [1.29, 1.82) is 0 Å². The minimum atomic E-state index is -0.450. The molecule has 1 aromatic heterocycles. The molecule has 0 bridgehead atoms. The second kappa shape index (κ2) is 12.0. The summed E-state index contributed by atoms with van der Waals surface area (Å²) in [5.41, 5.74) is 1.71. The van der Waals surface area contributed by atoms with Crippen molar-refractivity contribution in [2.75, 3.05) is 14.2 Å². The molecule has 5 rings (SSSR count). The lowest BCUT2D eigenvalue weighted by Gasteiger charge is -2.22. The number of para-hydroxylation sites is 1. The molecule has 0 amide bonds. The Hall–Kier alpha value is -4.73. The Labute approximate surface area is 231 Å². The number of nitrogens with zero attached hydrogens (tertiary/aromatic N) is 4. The predicted molar refractivity (Wildman–Crippen MR) is 152 cm³/mol. The van der Waals surface area contributed by atoms with Crippen LogP contribution in [-0.2, 0) is 6.61 Å². The van der Waals surface area contributed by atoms with Crippen molar-refractivity contribution in [3.8, 4) is 17.2 Å². The van der Waals surface area contributed by atoms with Crippen LogP contribution in [0.15, 0.2) is 70.6 Å². The summed E-state index contributed by atoms with van der Waals surface area (Å²) < 4.78 is 18.5. The van der Waals surface area contributed by atoms with Gasteiger partial charge < -0.3 is 14.2 Å². The van der Waals surface area contributed by atoms with E-state index in [1.54, 1.807) is 36.5 Å². The summed E-state index contributed by atoms with van der Waals surface area (Å²) >= 11 is 0. The normalized spacial score (nSPS) is 13.9. The maximum Gasteiger partial charge on any atom is 0.282 e. The van der Waals surface area contributed by atoms with Crippen LogP contribution in [0.4, 0.5) is 5.69 Å². The molecule has 1 fully saturated rings. The Bertz CT molecular complexity index is 1600. The largest absolute Gasteiger partial charge is 0.493 e. The van der Waals surface area contributed by atoms with Gasteiger partial charge in [0.1, 0.15) is 12.4 Å². The van der Waals surface area contributed by atoms with Gasteiger partial charge >= 0.3 is 0 Å². The van der Waals surface area contributed by atoms with E-state index in [0.717, 1.165) is 25.7 Å². The first-order valence-electron chi connectivity index (χ1n) is 13.2. The van der Waals surface area contributed by atoms with E-state index in [-0.39, 0.29) is 23.8 Å². The highest BCUT2D eigenvalue weighted by atomic mass is 16.6. The molecule has 0 saturated heterocycles.